The monoisotopic (exact) mass is 400 g/mol. The average molecular weight is 401 g/mol. The number of nitrogens with two attached hydrogens (primary N) is 1. The van der Waals surface area contributed by atoms with Gasteiger partial charge < -0.3 is 20.8 Å². The number of aliphatic hydroxyl groups is 2. The Morgan fingerprint density at radius 3 is 2.21 bits per heavy atom. The van der Waals surface area contributed by atoms with Crippen LogP contribution in [0.1, 0.15) is 55.7 Å². The Hall–Kier alpha value is -2.37. The first-order chi connectivity index (χ1) is 13.9. The van der Waals surface area contributed by atoms with Gasteiger partial charge in [-0.25, -0.2) is 0 Å². The Bertz CT molecular complexity index is 726. The number of piperidine rings is 1. The minimum absolute atomic E-state index is 0.621. The molecule has 0 aliphatic carbocycles. The zero-order valence-corrected chi connectivity index (χ0v) is 18.1. The quantitative estimate of drug-likeness (QED) is 0.538. The van der Waals surface area contributed by atoms with Crippen LogP contribution in [0.15, 0.2) is 48.5 Å². The highest BCUT2D eigenvalue weighted by molar-refractivity contribution is 5.47. The number of rotatable bonds is 4. The topological polar surface area (TPSA) is 86.8 Å². The van der Waals surface area contributed by atoms with Gasteiger partial charge in [0.2, 0.25) is 6.41 Å². The second kappa shape index (κ2) is 12.2. The van der Waals surface area contributed by atoms with Crippen molar-refractivity contribution in [1.82, 2.24) is 4.90 Å². The van der Waals surface area contributed by atoms with Crippen molar-refractivity contribution in [3.05, 3.63) is 65.2 Å². The van der Waals surface area contributed by atoms with Gasteiger partial charge in [0.05, 0.1) is 5.60 Å². The predicted molar refractivity (Wildman–Crippen MR) is 120 cm³/mol. The van der Waals surface area contributed by atoms with Gasteiger partial charge >= 0.3 is 0 Å². The molecular weight excluding hydrogens is 364 g/mol. The van der Waals surface area contributed by atoms with Gasteiger partial charge in [-0.05, 0) is 60.9 Å². The van der Waals surface area contributed by atoms with E-state index in [4.69, 9.17) is 10.8 Å². The van der Waals surface area contributed by atoms with E-state index in [0.29, 0.717) is 31.8 Å². The second-order valence-electron chi connectivity index (χ2n) is 7.46. The number of aryl methyl sites for hydroxylation is 1. The summed E-state index contributed by atoms with van der Waals surface area (Å²) in [6.45, 7) is 7.85. The fourth-order valence-electron chi connectivity index (χ4n) is 3.51. The van der Waals surface area contributed by atoms with Crippen molar-refractivity contribution in [3.63, 3.8) is 0 Å². The summed E-state index contributed by atoms with van der Waals surface area (Å²) in [4.78, 5) is 12.3. The van der Waals surface area contributed by atoms with Crippen LogP contribution < -0.4 is 5.73 Å². The highest BCUT2D eigenvalue weighted by Gasteiger charge is 2.33. The van der Waals surface area contributed by atoms with Crippen LogP contribution in [0, 0.1) is 6.92 Å². The van der Waals surface area contributed by atoms with Crippen LogP contribution in [0.2, 0.25) is 0 Å². The van der Waals surface area contributed by atoms with Crippen molar-refractivity contribution in [2.75, 3.05) is 25.9 Å². The average Bonchev–Trinajstić information content (AvgIpc) is 2.76. The van der Waals surface area contributed by atoms with Crippen molar-refractivity contribution in [2.24, 2.45) is 0 Å². The van der Waals surface area contributed by atoms with E-state index in [9.17, 15) is 9.90 Å². The van der Waals surface area contributed by atoms with Gasteiger partial charge in [0.1, 0.15) is 0 Å². The highest BCUT2D eigenvalue weighted by atomic mass is 16.3. The Morgan fingerprint density at radius 2 is 1.72 bits per heavy atom. The van der Waals surface area contributed by atoms with E-state index in [1.54, 1.807) is 4.90 Å². The zero-order chi connectivity index (χ0) is 21.9. The SMILES string of the molecule is CCC(C)c1ccc(N)cc1C.CO.O=CN1CCC(O)(c2ccccc2)CC1. The molecule has 29 heavy (non-hydrogen) atoms. The predicted octanol–water partition coefficient (Wildman–Crippen LogP) is 3.83. The molecule has 4 N–H and O–H groups in total. The lowest BCUT2D eigenvalue weighted by Gasteiger charge is -2.36. The third-order valence-electron chi connectivity index (χ3n) is 5.52. The number of nitrogens with zero attached hydrogens (tertiary/aromatic N) is 1. The number of aliphatic hydroxyl groups excluding tert-OH is 1. The standard InChI is InChI=1S/C12H15NO2.C11H17N.CH4O/c14-10-13-8-6-12(15,7-9-13)11-4-2-1-3-5-11;1-4-8(2)11-6-5-10(12)7-9(11)3;1-2/h1-5,10,15H,6-9H2;5-8H,4,12H2,1-3H3;2H,1H3. The lowest BCUT2D eigenvalue weighted by Crippen LogP contribution is -2.41. The summed E-state index contributed by atoms with van der Waals surface area (Å²) in [5.74, 6) is 0.644. The van der Waals surface area contributed by atoms with E-state index in [2.05, 4.69) is 26.8 Å². The number of benzene rings is 2. The summed E-state index contributed by atoms with van der Waals surface area (Å²) in [6, 6.07) is 15.8. The second-order valence-corrected chi connectivity index (χ2v) is 7.46. The van der Waals surface area contributed by atoms with E-state index in [-0.39, 0.29) is 0 Å². The summed E-state index contributed by atoms with van der Waals surface area (Å²) in [5.41, 5.74) is 9.47. The van der Waals surface area contributed by atoms with Crippen LogP contribution in [0.25, 0.3) is 0 Å². The molecule has 0 bridgehead atoms. The van der Waals surface area contributed by atoms with Crippen LogP contribution in [0.3, 0.4) is 0 Å². The molecule has 1 fully saturated rings. The van der Waals surface area contributed by atoms with E-state index in [0.717, 1.165) is 24.8 Å². The van der Waals surface area contributed by atoms with Crippen molar-refractivity contribution in [2.45, 2.75) is 51.6 Å². The van der Waals surface area contributed by atoms with Crippen LogP contribution in [-0.2, 0) is 10.4 Å². The fraction of sp³-hybridized carbons (Fsp3) is 0.458. The van der Waals surface area contributed by atoms with Crippen LogP contribution >= 0.6 is 0 Å². The normalized spacial score (nSPS) is 15.9. The van der Waals surface area contributed by atoms with Gasteiger partial charge in [-0.1, -0.05) is 50.2 Å². The first-order valence-corrected chi connectivity index (χ1v) is 10.2. The van der Waals surface area contributed by atoms with Crippen LogP contribution in [0.5, 0.6) is 0 Å². The molecule has 1 saturated heterocycles. The van der Waals surface area contributed by atoms with Gasteiger partial charge in [-0.15, -0.1) is 0 Å². The van der Waals surface area contributed by atoms with E-state index in [1.165, 1.54) is 17.5 Å². The molecule has 1 amide bonds. The third kappa shape index (κ3) is 7.18. The van der Waals surface area contributed by atoms with Gasteiger partial charge in [0.25, 0.3) is 0 Å². The molecule has 1 aliphatic rings. The largest absolute Gasteiger partial charge is 0.400 e. The lowest BCUT2D eigenvalue weighted by atomic mass is 9.85. The van der Waals surface area contributed by atoms with Crippen molar-refractivity contribution in [1.29, 1.82) is 0 Å². The van der Waals surface area contributed by atoms with Crippen molar-refractivity contribution >= 4 is 12.1 Å². The molecule has 5 nitrogen and oxygen atoms in total. The third-order valence-corrected chi connectivity index (χ3v) is 5.52. The van der Waals surface area contributed by atoms with Gasteiger partial charge in [0, 0.05) is 25.9 Å². The number of likely N-dealkylation sites (tertiary alicyclic amines) is 1. The number of hydrogen-bond donors (Lipinski definition) is 3. The van der Waals surface area contributed by atoms with Crippen LogP contribution in [-0.4, -0.2) is 41.7 Å². The molecule has 0 spiro atoms. The minimum Gasteiger partial charge on any atom is -0.400 e. The maximum absolute atomic E-state index is 10.6. The van der Waals surface area contributed by atoms with E-state index < -0.39 is 5.60 Å². The molecule has 1 atom stereocenters. The number of carbonyl (C=O) groups is 1. The summed E-state index contributed by atoms with van der Waals surface area (Å²) in [7, 11) is 1.00. The smallest absolute Gasteiger partial charge is 0.209 e. The van der Waals surface area contributed by atoms with Crippen molar-refractivity contribution in [3.8, 4) is 0 Å². The highest BCUT2D eigenvalue weighted by Crippen LogP contribution is 2.32. The number of anilines is 1. The molecule has 160 valence electrons. The molecule has 5 heteroatoms. The molecular formula is C24H36N2O3. The first kappa shape index (κ1) is 24.7. The number of hydrogen-bond acceptors (Lipinski definition) is 4. The maximum atomic E-state index is 10.6. The molecule has 0 saturated carbocycles. The summed E-state index contributed by atoms with van der Waals surface area (Å²) < 4.78 is 0. The van der Waals surface area contributed by atoms with Crippen LogP contribution in [0.4, 0.5) is 5.69 Å². The number of nitrogen functional groups attached to an aromatic ring is 1. The zero-order valence-electron chi connectivity index (χ0n) is 18.1. The maximum Gasteiger partial charge on any atom is 0.209 e. The Labute approximate surface area is 175 Å². The molecule has 2 aromatic carbocycles. The Balaban J connectivity index is 0.000000273. The number of amides is 1. The molecule has 2 aromatic rings. The molecule has 0 aromatic heterocycles. The van der Waals surface area contributed by atoms with E-state index >= 15 is 0 Å². The minimum atomic E-state index is -0.749. The molecule has 1 unspecified atom stereocenters. The Kier molecular flexibility index (Phi) is 10.4. The van der Waals surface area contributed by atoms with Crippen molar-refractivity contribution < 1.29 is 15.0 Å². The summed E-state index contributed by atoms with van der Waals surface area (Å²) >= 11 is 0. The molecule has 1 heterocycles. The fourth-order valence-corrected chi connectivity index (χ4v) is 3.51. The molecule has 3 rings (SSSR count). The molecule has 0 radical (unpaired) electrons. The first-order valence-electron chi connectivity index (χ1n) is 10.2. The number of carbonyl (C=O) groups excluding carboxylic acids is 1. The summed E-state index contributed by atoms with van der Waals surface area (Å²) in [6.07, 6.45) is 3.28. The summed E-state index contributed by atoms with van der Waals surface area (Å²) in [5, 5.41) is 17.4. The molecule has 1 aliphatic heterocycles. The van der Waals surface area contributed by atoms with Gasteiger partial charge in [0.15, 0.2) is 0 Å². The van der Waals surface area contributed by atoms with E-state index in [1.807, 2.05) is 42.5 Å². The van der Waals surface area contributed by atoms with Gasteiger partial charge in [-0.2, -0.15) is 0 Å². The lowest BCUT2D eigenvalue weighted by molar-refractivity contribution is -0.122. The van der Waals surface area contributed by atoms with Gasteiger partial charge in [-0.3, -0.25) is 4.79 Å². The Morgan fingerprint density at radius 1 is 1.14 bits per heavy atom.